The van der Waals surface area contributed by atoms with Gasteiger partial charge < -0.3 is 15.5 Å². The van der Waals surface area contributed by atoms with Gasteiger partial charge in [0.25, 0.3) is 5.56 Å². The third-order valence-corrected chi connectivity index (χ3v) is 5.98. The second-order valence-electron chi connectivity index (χ2n) is 8.23. The van der Waals surface area contributed by atoms with Gasteiger partial charge in [-0.05, 0) is 37.0 Å². The largest absolute Gasteiger partial charge is 0.341 e. The summed E-state index contributed by atoms with van der Waals surface area (Å²) in [5.41, 5.74) is 2.43. The highest BCUT2D eigenvalue weighted by molar-refractivity contribution is 5.90. The van der Waals surface area contributed by atoms with E-state index >= 15 is 0 Å². The van der Waals surface area contributed by atoms with E-state index in [0.717, 1.165) is 64.3 Å². The number of rotatable bonds is 5. The van der Waals surface area contributed by atoms with Gasteiger partial charge in [-0.25, -0.2) is 10.1 Å². The van der Waals surface area contributed by atoms with Crippen LogP contribution in [0.15, 0.2) is 35.3 Å². The molecule has 2 aliphatic rings. The number of piperidine rings is 1. The van der Waals surface area contributed by atoms with Crippen LogP contribution in [0.1, 0.15) is 24.8 Å². The van der Waals surface area contributed by atoms with Crippen LogP contribution >= 0.6 is 12.4 Å². The van der Waals surface area contributed by atoms with Crippen molar-refractivity contribution in [3.63, 3.8) is 0 Å². The van der Waals surface area contributed by atoms with Gasteiger partial charge in [0.15, 0.2) is 0 Å². The summed E-state index contributed by atoms with van der Waals surface area (Å²) in [6, 6.07) is 8.35. The number of fused-ring (bicyclic) bond motifs is 1. The number of hydrogen-bond donors (Lipinski definition) is 3. The zero-order valence-corrected chi connectivity index (χ0v) is 18.8. The van der Waals surface area contributed by atoms with Crippen LogP contribution in [0.2, 0.25) is 0 Å². The molecule has 2 aromatic heterocycles. The topological polar surface area (TPSA) is 102 Å². The maximum atomic E-state index is 12.5. The van der Waals surface area contributed by atoms with Crippen molar-refractivity contribution in [2.24, 2.45) is 0 Å². The molecule has 2 saturated heterocycles. The van der Waals surface area contributed by atoms with Gasteiger partial charge in [-0.15, -0.1) is 12.4 Å². The Hall–Kier alpha value is -2.75. The maximum absolute atomic E-state index is 12.5. The summed E-state index contributed by atoms with van der Waals surface area (Å²) in [4.78, 5) is 26.5. The highest BCUT2D eigenvalue weighted by atomic mass is 35.5. The summed E-state index contributed by atoms with van der Waals surface area (Å²) in [5, 5.41) is 13.6. The van der Waals surface area contributed by atoms with Crippen molar-refractivity contribution in [2.75, 3.05) is 49.5 Å². The van der Waals surface area contributed by atoms with E-state index in [-0.39, 0.29) is 18.0 Å². The fraction of sp³-hybridized carbons (Fsp3) is 0.455. The number of anilines is 3. The molecular weight excluding hydrogens is 428 g/mol. The summed E-state index contributed by atoms with van der Waals surface area (Å²) in [5.74, 6) is 1.17. The predicted molar refractivity (Wildman–Crippen MR) is 129 cm³/mol. The summed E-state index contributed by atoms with van der Waals surface area (Å²) in [6.45, 7) is 7.05. The molecule has 3 N–H and O–H groups in total. The lowest BCUT2D eigenvalue weighted by Crippen LogP contribution is -2.42. The number of aromatic amines is 1. The van der Waals surface area contributed by atoms with Gasteiger partial charge >= 0.3 is 0 Å². The van der Waals surface area contributed by atoms with Crippen molar-refractivity contribution in [1.82, 2.24) is 30.4 Å². The quantitative estimate of drug-likeness (QED) is 0.537. The molecule has 2 fully saturated rings. The molecule has 0 amide bonds. The zero-order chi connectivity index (χ0) is 21.0. The van der Waals surface area contributed by atoms with Gasteiger partial charge in [0.1, 0.15) is 16.7 Å². The minimum atomic E-state index is -0.291. The summed E-state index contributed by atoms with van der Waals surface area (Å²) in [7, 11) is 0. The molecule has 0 atom stereocenters. The minimum Gasteiger partial charge on any atom is -0.341 e. The van der Waals surface area contributed by atoms with Crippen LogP contribution < -0.4 is 21.1 Å². The first-order valence-corrected chi connectivity index (χ1v) is 11.1. The average molecular weight is 457 g/mol. The summed E-state index contributed by atoms with van der Waals surface area (Å²) in [6.07, 6.45) is 5.09. The first kappa shape index (κ1) is 22.4. The lowest BCUT2D eigenvalue weighted by Gasteiger charge is -2.27. The van der Waals surface area contributed by atoms with Gasteiger partial charge in [0.2, 0.25) is 5.95 Å². The standard InChI is InChI=1S/C22H28N8O.ClH/c31-21-19-18(14-24-28-21)26-22(30-10-2-1-3-11-30)27-20(19)25-17-6-4-16(5-7-17)15-29-12-8-23-9-13-29;/h4-7,14,23H,1-3,8-13,15H2,(H,28,31)(H,25,26,27);1H. The summed E-state index contributed by atoms with van der Waals surface area (Å²) >= 11 is 0. The Balaban J connectivity index is 0.00000245. The smallest absolute Gasteiger partial charge is 0.277 e. The first-order valence-electron chi connectivity index (χ1n) is 11.1. The molecule has 0 radical (unpaired) electrons. The molecule has 0 spiro atoms. The molecule has 0 aliphatic carbocycles. The van der Waals surface area contributed by atoms with Crippen LogP contribution in [0.4, 0.5) is 17.5 Å². The number of benzene rings is 1. The van der Waals surface area contributed by atoms with Gasteiger partial charge in [0, 0.05) is 51.5 Å². The fourth-order valence-electron chi connectivity index (χ4n) is 4.27. The number of nitrogens with one attached hydrogen (secondary N) is 3. The Bertz CT molecular complexity index is 1090. The molecule has 5 rings (SSSR count). The summed E-state index contributed by atoms with van der Waals surface area (Å²) < 4.78 is 0. The van der Waals surface area contributed by atoms with Gasteiger partial charge in [-0.2, -0.15) is 10.1 Å². The van der Waals surface area contributed by atoms with Crippen molar-refractivity contribution < 1.29 is 0 Å². The first-order chi connectivity index (χ1) is 15.3. The van der Waals surface area contributed by atoms with E-state index in [1.807, 2.05) is 12.1 Å². The van der Waals surface area contributed by atoms with Crippen molar-refractivity contribution in [3.05, 3.63) is 46.4 Å². The van der Waals surface area contributed by atoms with Crippen LogP contribution in [-0.4, -0.2) is 64.3 Å². The normalized spacial score (nSPS) is 17.2. The molecular formula is C22H29ClN8O. The highest BCUT2D eigenvalue weighted by Crippen LogP contribution is 2.25. The van der Waals surface area contributed by atoms with E-state index in [1.54, 1.807) is 6.20 Å². The van der Waals surface area contributed by atoms with Crippen molar-refractivity contribution in [2.45, 2.75) is 25.8 Å². The van der Waals surface area contributed by atoms with E-state index in [4.69, 9.17) is 4.98 Å². The van der Waals surface area contributed by atoms with Gasteiger partial charge in [-0.1, -0.05) is 12.1 Å². The lowest BCUT2D eigenvalue weighted by atomic mass is 10.1. The number of hydrogen-bond acceptors (Lipinski definition) is 8. The second kappa shape index (κ2) is 10.2. The van der Waals surface area contributed by atoms with Crippen LogP contribution in [0, 0.1) is 0 Å². The van der Waals surface area contributed by atoms with Crippen molar-refractivity contribution in [3.8, 4) is 0 Å². The van der Waals surface area contributed by atoms with Crippen molar-refractivity contribution in [1.29, 1.82) is 0 Å². The molecule has 3 aromatic rings. The van der Waals surface area contributed by atoms with Crippen molar-refractivity contribution >= 4 is 40.8 Å². The number of nitrogens with zero attached hydrogens (tertiary/aromatic N) is 5. The molecule has 10 heteroatoms. The number of H-pyrrole nitrogens is 1. The average Bonchev–Trinajstić information content (AvgIpc) is 2.81. The number of halogens is 1. The monoisotopic (exact) mass is 456 g/mol. The van der Waals surface area contributed by atoms with E-state index in [0.29, 0.717) is 22.7 Å². The Morgan fingerprint density at radius 2 is 1.72 bits per heavy atom. The molecule has 2 aliphatic heterocycles. The third kappa shape index (κ3) is 5.01. The number of piperazine rings is 1. The molecule has 0 saturated carbocycles. The molecule has 170 valence electrons. The van der Waals surface area contributed by atoms with Gasteiger partial charge in [-0.3, -0.25) is 9.69 Å². The molecule has 4 heterocycles. The lowest BCUT2D eigenvalue weighted by molar-refractivity contribution is 0.233. The zero-order valence-electron chi connectivity index (χ0n) is 18.0. The Morgan fingerprint density at radius 3 is 2.47 bits per heavy atom. The Morgan fingerprint density at radius 1 is 0.969 bits per heavy atom. The highest BCUT2D eigenvalue weighted by Gasteiger charge is 2.18. The minimum absolute atomic E-state index is 0. The Labute approximate surface area is 193 Å². The van der Waals surface area contributed by atoms with E-state index in [1.165, 1.54) is 12.0 Å². The molecule has 32 heavy (non-hydrogen) atoms. The molecule has 0 unspecified atom stereocenters. The second-order valence-corrected chi connectivity index (χ2v) is 8.23. The SMILES string of the molecule is Cl.O=c1[nH]ncc2nc(N3CCCCC3)nc(Nc3ccc(CN4CCNCC4)cc3)c12. The van der Waals surface area contributed by atoms with E-state index in [9.17, 15) is 4.79 Å². The van der Waals surface area contributed by atoms with Crippen LogP contribution in [0.5, 0.6) is 0 Å². The predicted octanol–water partition coefficient (Wildman–Crippen LogP) is 2.27. The molecule has 1 aromatic carbocycles. The van der Waals surface area contributed by atoms with E-state index in [2.05, 4.69) is 47.7 Å². The van der Waals surface area contributed by atoms with Crippen LogP contribution in [0.25, 0.3) is 10.9 Å². The third-order valence-electron chi connectivity index (χ3n) is 5.98. The molecule has 0 bridgehead atoms. The fourth-order valence-corrected chi connectivity index (χ4v) is 4.27. The van der Waals surface area contributed by atoms with Crippen LogP contribution in [0.3, 0.4) is 0 Å². The van der Waals surface area contributed by atoms with E-state index < -0.39 is 0 Å². The van der Waals surface area contributed by atoms with Crippen LogP contribution in [-0.2, 0) is 6.54 Å². The van der Waals surface area contributed by atoms with Gasteiger partial charge in [0.05, 0.1) is 6.20 Å². The maximum Gasteiger partial charge on any atom is 0.277 e. The number of aromatic nitrogens is 4. The molecule has 9 nitrogen and oxygen atoms in total. The Kier molecular flexibility index (Phi) is 7.19.